The van der Waals surface area contributed by atoms with Gasteiger partial charge in [0.2, 0.25) is 10.0 Å². The number of rotatable bonds is 5. The van der Waals surface area contributed by atoms with Crippen LogP contribution < -0.4 is 10.1 Å². The predicted octanol–water partition coefficient (Wildman–Crippen LogP) is 3.20. The van der Waals surface area contributed by atoms with E-state index in [2.05, 4.69) is 10.3 Å². The maximum Gasteiger partial charge on any atom is 0.263 e. The lowest BCUT2D eigenvalue weighted by atomic mass is 10.1. The number of piperidine rings is 1. The Morgan fingerprint density at radius 2 is 1.87 bits per heavy atom. The molecule has 1 saturated heterocycles. The maximum absolute atomic E-state index is 13.4. The van der Waals surface area contributed by atoms with Crippen LogP contribution in [0.1, 0.15) is 28.2 Å². The molecule has 2 heterocycles. The molecule has 0 unspecified atom stereocenters. The number of aromatic nitrogens is 1. The Labute approximate surface area is 179 Å². The number of thiazole rings is 1. The summed E-state index contributed by atoms with van der Waals surface area (Å²) in [5.74, 6) is 0.502. The van der Waals surface area contributed by atoms with E-state index in [9.17, 15) is 13.2 Å². The van der Waals surface area contributed by atoms with E-state index in [0.717, 1.165) is 5.39 Å². The second kappa shape index (κ2) is 8.33. The summed E-state index contributed by atoms with van der Waals surface area (Å²) in [7, 11) is -2.09. The number of fused-ring (bicyclic) bond motifs is 1. The maximum atomic E-state index is 13.4. The number of nitrogens with zero attached hydrogens (tertiary/aromatic N) is 2. The lowest BCUT2D eigenvalue weighted by Gasteiger charge is -2.32. The van der Waals surface area contributed by atoms with Gasteiger partial charge in [0.25, 0.3) is 5.91 Å². The van der Waals surface area contributed by atoms with Crippen molar-refractivity contribution in [1.29, 1.82) is 0 Å². The van der Waals surface area contributed by atoms with Gasteiger partial charge in [-0.2, -0.15) is 4.31 Å². The Bertz CT molecular complexity index is 1180. The van der Waals surface area contributed by atoms with Gasteiger partial charge in [-0.05, 0) is 31.9 Å². The quantitative estimate of drug-likeness (QED) is 0.652. The topological polar surface area (TPSA) is 88.6 Å². The zero-order valence-electron chi connectivity index (χ0n) is 16.8. The van der Waals surface area contributed by atoms with Crippen molar-refractivity contribution in [3.8, 4) is 5.75 Å². The first-order valence-corrected chi connectivity index (χ1v) is 12.0. The Kier molecular flexibility index (Phi) is 5.77. The lowest BCUT2D eigenvalue weighted by Crippen LogP contribution is -2.46. The average Bonchev–Trinajstić information content (AvgIpc) is 3.19. The first-order valence-electron chi connectivity index (χ1n) is 9.68. The molecule has 0 atom stereocenters. The van der Waals surface area contributed by atoms with Crippen molar-refractivity contribution in [3.05, 3.63) is 52.5 Å². The van der Waals surface area contributed by atoms with Gasteiger partial charge in [-0.25, -0.2) is 13.4 Å². The summed E-state index contributed by atoms with van der Waals surface area (Å²) in [6.45, 7) is 2.52. The fraction of sp³-hybridized carbons (Fsp3) is 0.333. The van der Waals surface area contributed by atoms with Crippen molar-refractivity contribution in [1.82, 2.24) is 14.6 Å². The molecule has 9 heteroatoms. The first-order chi connectivity index (χ1) is 14.4. The molecule has 2 aromatic carbocycles. The van der Waals surface area contributed by atoms with E-state index in [1.807, 2.05) is 18.2 Å². The molecule has 1 aromatic heterocycles. The van der Waals surface area contributed by atoms with E-state index < -0.39 is 10.0 Å². The van der Waals surface area contributed by atoms with Gasteiger partial charge >= 0.3 is 0 Å². The zero-order valence-corrected chi connectivity index (χ0v) is 18.4. The van der Waals surface area contributed by atoms with Gasteiger partial charge < -0.3 is 10.1 Å². The van der Waals surface area contributed by atoms with Crippen LogP contribution in [-0.4, -0.2) is 49.9 Å². The van der Waals surface area contributed by atoms with Gasteiger partial charge in [0, 0.05) is 29.9 Å². The number of benzene rings is 2. The molecule has 1 N–H and O–H groups in total. The predicted molar refractivity (Wildman–Crippen MR) is 117 cm³/mol. The molecule has 7 nitrogen and oxygen atoms in total. The third kappa shape index (κ3) is 3.80. The molecule has 0 bridgehead atoms. The minimum atomic E-state index is -3.66. The molecule has 0 aliphatic carbocycles. The molecule has 158 valence electrons. The average molecular weight is 446 g/mol. The van der Waals surface area contributed by atoms with Crippen molar-refractivity contribution < 1.29 is 17.9 Å². The minimum absolute atomic E-state index is 0.0574. The van der Waals surface area contributed by atoms with Gasteiger partial charge in [0.15, 0.2) is 0 Å². The monoisotopic (exact) mass is 445 g/mol. The highest BCUT2D eigenvalue weighted by molar-refractivity contribution is 7.89. The van der Waals surface area contributed by atoms with Crippen molar-refractivity contribution in [2.24, 2.45) is 0 Å². The number of methoxy groups -OCH3 is 1. The molecule has 1 fully saturated rings. The van der Waals surface area contributed by atoms with Crippen molar-refractivity contribution >= 4 is 38.0 Å². The summed E-state index contributed by atoms with van der Waals surface area (Å²) in [6, 6.07) is 10.6. The Balaban J connectivity index is 1.50. The highest BCUT2D eigenvalue weighted by Crippen LogP contribution is 2.33. The molecule has 0 radical (unpaired) electrons. The Morgan fingerprint density at radius 1 is 1.17 bits per heavy atom. The van der Waals surface area contributed by atoms with Crippen LogP contribution in [0.4, 0.5) is 0 Å². The fourth-order valence-corrected chi connectivity index (χ4v) is 6.17. The minimum Gasteiger partial charge on any atom is -0.496 e. The largest absolute Gasteiger partial charge is 0.496 e. The molecule has 1 aliphatic rings. The van der Waals surface area contributed by atoms with E-state index in [1.54, 1.807) is 37.7 Å². The number of sulfonamides is 1. The van der Waals surface area contributed by atoms with Gasteiger partial charge in [-0.15, -0.1) is 11.3 Å². The van der Waals surface area contributed by atoms with Crippen LogP contribution >= 0.6 is 11.3 Å². The van der Waals surface area contributed by atoms with Gasteiger partial charge in [0.05, 0.1) is 23.2 Å². The second-order valence-electron chi connectivity index (χ2n) is 7.23. The van der Waals surface area contributed by atoms with E-state index in [-0.39, 0.29) is 16.8 Å². The number of aryl methyl sites for hydroxylation is 1. The molecule has 1 aliphatic heterocycles. The number of hydrogen-bond donors (Lipinski definition) is 1. The summed E-state index contributed by atoms with van der Waals surface area (Å²) < 4.78 is 33.6. The van der Waals surface area contributed by atoms with E-state index >= 15 is 0 Å². The summed E-state index contributed by atoms with van der Waals surface area (Å²) in [4.78, 5) is 17.4. The molecule has 1 amide bonds. The molecular weight excluding hydrogens is 422 g/mol. The number of hydrogen-bond acceptors (Lipinski definition) is 6. The number of nitrogens with one attached hydrogen (secondary N) is 1. The van der Waals surface area contributed by atoms with Gasteiger partial charge in [0.1, 0.15) is 10.6 Å². The third-order valence-corrected chi connectivity index (χ3v) is 8.31. The number of amides is 1. The molecule has 0 saturated carbocycles. The van der Waals surface area contributed by atoms with Crippen molar-refractivity contribution in [2.45, 2.75) is 30.7 Å². The highest BCUT2D eigenvalue weighted by atomic mass is 32.2. The van der Waals surface area contributed by atoms with Crippen LogP contribution in [-0.2, 0) is 10.0 Å². The van der Waals surface area contributed by atoms with Crippen LogP contribution in [0.5, 0.6) is 5.75 Å². The summed E-state index contributed by atoms with van der Waals surface area (Å²) in [6.07, 6.45) is 1.13. The van der Waals surface area contributed by atoms with Crippen LogP contribution in [0.25, 0.3) is 10.8 Å². The number of carbonyl (C=O) groups excluding carboxylic acids is 1. The molecule has 4 rings (SSSR count). The lowest BCUT2D eigenvalue weighted by molar-refractivity contribution is 0.0927. The SMILES string of the molecule is COc1ccc(S(=O)(=O)N2CCC(NC(=O)c3scnc3C)CC2)c2ccccc12. The smallest absolute Gasteiger partial charge is 0.263 e. The zero-order chi connectivity index (χ0) is 21.3. The van der Waals surface area contributed by atoms with Crippen molar-refractivity contribution in [2.75, 3.05) is 20.2 Å². The van der Waals surface area contributed by atoms with Crippen LogP contribution in [0.15, 0.2) is 46.8 Å². The molecule has 3 aromatic rings. The molecular formula is C21H23N3O4S2. The Hall–Kier alpha value is -2.49. The van der Waals surface area contributed by atoms with Crippen LogP contribution in [0.3, 0.4) is 0 Å². The van der Waals surface area contributed by atoms with E-state index in [4.69, 9.17) is 4.74 Å². The number of carbonyl (C=O) groups is 1. The molecule has 0 spiro atoms. The van der Waals surface area contributed by atoms with Gasteiger partial charge in [-0.1, -0.05) is 24.3 Å². The summed E-state index contributed by atoms with van der Waals surface area (Å²) in [5, 5.41) is 4.43. The normalized spacial score (nSPS) is 15.9. The van der Waals surface area contributed by atoms with Gasteiger partial charge in [-0.3, -0.25) is 4.79 Å². The van der Waals surface area contributed by atoms with Crippen LogP contribution in [0, 0.1) is 6.92 Å². The summed E-state index contributed by atoms with van der Waals surface area (Å²) in [5.41, 5.74) is 2.36. The molecule has 30 heavy (non-hydrogen) atoms. The summed E-state index contributed by atoms with van der Waals surface area (Å²) >= 11 is 1.31. The van der Waals surface area contributed by atoms with E-state index in [1.165, 1.54) is 15.6 Å². The van der Waals surface area contributed by atoms with Crippen LogP contribution in [0.2, 0.25) is 0 Å². The van der Waals surface area contributed by atoms with E-state index in [0.29, 0.717) is 47.6 Å². The fourth-order valence-electron chi connectivity index (χ4n) is 3.80. The standard InChI is InChI=1S/C21H23N3O4S2/c1-14-20(29-13-22-14)21(25)23-15-9-11-24(12-10-15)30(26,27)19-8-7-18(28-2)16-5-3-4-6-17(16)19/h3-8,13,15H,9-12H2,1-2H3,(H,23,25). The highest BCUT2D eigenvalue weighted by Gasteiger charge is 2.31. The Morgan fingerprint density at radius 3 is 2.50 bits per heavy atom. The van der Waals surface area contributed by atoms with Crippen molar-refractivity contribution in [3.63, 3.8) is 0 Å². The second-order valence-corrected chi connectivity index (χ2v) is 9.99. The first kappa shape index (κ1) is 20.8. The third-order valence-electron chi connectivity index (χ3n) is 5.42. The number of ether oxygens (including phenoxy) is 1.